The maximum Gasteiger partial charge on any atom is 0.260 e. The summed E-state index contributed by atoms with van der Waals surface area (Å²) in [6.07, 6.45) is 3.97. The van der Waals surface area contributed by atoms with Gasteiger partial charge in [0, 0.05) is 44.7 Å². The van der Waals surface area contributed by atoms with Crippen LogP contribution in [0, 0.1) is 0 Å². The maximum atomic E-state index is 13.1. The lowest BCUT2D eigenvalue weighted by molar-refractivity contribution is 0.0726. The van der Waals surface area contributed by atoms with Gasteiger partial charge in [0.2, 0.25) is 0 Å². The summed E-state index contributed by atoms with van der Waals surface area (Å²) < 4.78 is 12.9. The summed E-state index contributed by atoms with van der Waals surface area (Å²) in [4.78, 5) is 36.0. The fourth-order valence-electron chi connectivity index (χ4n) is 4.04. The molecule has 0 saturated carbocycles. The van der Waals surface area contributed by atoms with E-state index in [4.69, 9.17) is 14.1 Å². The lowest BCUT2D eigenvalue weighted by atomic mass is 10.0. The first-order valence-electron chi connectivity index (χ1n) is 9.91. The molecule has 0 aliphatic carbocycles. The summed E-state index contributed by atoms with van der Waals surface area (Å²) in [5.74, 6) is 1.88. The molecule has 3 aromatic rings. The number of hydrogen-bond donors (Lipinski definition) is 0. The van der Waals surface area contributed by atoms with Gasteiger partial charge < -0.3 is 18.6 Å². The molecule has 1 amide bonds. The zero-order valence-corrected chi connectivity index (χ0v) is 16.3. The van der Waals surface area contributed by atoms with Crippen LogP contribution in [0.3, 0.4) is 0 Å². The van der Waals surface area contributed by atoms with Crippen molar-refractivity contribution < 1.29 is 13.9 Å². The topological polar surface area (TPSA) is 90.5 Å². The highest BCUT2D eigenvalue weighted by Crippen LogP contribution is 2.30. The van der Waals surface area contributed by atoms with Crippen molar-refractivity contribution in [2.75, 3.05) is 19.8 Å². The average Bonchev–Trinajstić information content (AvgIpc) is 3.20. The van der Waals surface area contributed by atoms with Gasteiger partial charge in [-0.2, -0.15) is 0 Å². The Labute approximate surface area is 167 Å². The van der Waals surface area contributed by atoms with Gasteiger partial charge in [-0.25, -0.2) is 9.97 Å². The average molecular weight is 394 g/mol. The standard InChI is InChI=1S/C21H22N4O4/c1-24-12-22-16-10-14(2-3-15(16)21(24)27)20(26)25-7-4-18-17(11-25)23-19(29-18)13-5-8-28-9-6-13/h2-3,10,12-13H,4-9,11H2,1H3. The second-order valence-electron chi connectivity index (χ2n) is 7.68. The minimum atomic E-state index is -0.125. The molecule has 150 valence electrons. The first-order chi connectivity index (χ1) is 14.1. The summed E-state index contributed by atoms with van der Waals surface area (Å²) in [5.41, 5.74) is 1.77. The third-order valence-corrected chi connectivity index (χ3v) is 5.77. The molecule has 1 saturated heterocycles. The van der Waals surface area contributed by atoms with Crippen molar-refractivity contribution in [2.45, 2.75) is 31.7 Å². The molecule has 0 bridgehead atoms. The molecule has 5 rings (SSSR count). The minimum Gasteiger partial charge on any atom is -0.445 e. The second kappa shape index (κ2) is 7.11. The van der Waals surface area contributed by atoms with Gasteiger partial charge >= 0.3 is 0 Å². The second-order valence-corrected chi connectivity index (χ2v) is 7.68. The molecule has 0 atom stereocenters. The minimum absolute atomic E-state index is 0.0874. The Bertz CT molecular complexity index is 1140. The SMILES string of the molecule is Cn1cnc2cc(C(=O)N3CCc4oc(C5CCOCC5)nc4C3)ccc2c1=O. The Hall–Kier alpha value is -3.00. The monoisotopic (exact) mass is 394 g/mol. The van der Waals surface area contributed by atoms with Crippen molar-refractivity contribution in [2.24, 2.45) is 7.05 Å². The molecule has 8 heteroatoms. The predicted molar refractivity (Wildman–Crippen MR) is 105 cm³/mol. The van der Waals surface area contributed by atoms with Crippen molar-refractivity contribution in [1.82, 2.24) is 19.4 Å². The molecule has 0 radical (unpaired) electrons. The Kier molecular flexibility index (Phi) is 4.43. The number of hydrogen-bond acceptors (Lipinski definition) is 6. The van der Waals surface area contributed by atoms with Crippen LogP contribution >= 0.6 is 0 Å². The fraction of sp³-hybridized carbons (Fsp3) is 0.429. The van der Waals surface area contributed by atoms with Crippen molar-refractivity contribution in [1.29, 1.82) is 0 Å². The highest BCUT2D eigenvalue weighted by atomic mass is 16.5. The summed E-state index contributed by atoms with van der Waals surface area (Å²) in [7, 11) is 1.66. The van der Waals surface area contributed by atoms with Gasteiger partial charge in [0.05, 0.1) is 23.8 Å². The maximum absolute atomic E-state index is 13.1. The summed E-state index contributed by atoms with van der Waals surface area (Å²) in [6.45, 7) is 2.49. The van der Waals surface area contributed by atoms with Crippen LogP contribution in [-0.2, 0) is 24.8 Å². The lowest BCUT2D eigenvalue weighted by Crippen LogP contribution is -2.35. The number of aromatic nitrogens is 3. The van der Waals surface area contributed by atoms with E-state index in [0.717, 1.165) is 43.4 Å². The molecule has 4 heterocycles. The lowest BCUT2D eigenvalue weighted by Gasteiger charge is -2.25. The molecule has 29 heavy (non-hydrogen) atoms. The van der Waals surface area contributed by atoms with Crippen molar-refractivity contribution in [3.8, 4) is 0 Å². The molecule has 2 aliphatic heterocycles. The highest BCUT2D eigenvalue weighted by molar-refractivity contribution is 5.97. The van der Waals surface area contributed by atoms with Gasteiger partial charge in [-0.05, 0) is 31.0 Å². The van der Waals surface area contributed by atoms with Gasteiger partial charge in [0.25, 0.3) is 11.5 Å². The van der Waals surface area contributed by atoms with Crippen LogP contribution in [0.5, 0.6) is 0 Å². The zero-order valence-electron chi connectivity index (χ0n) is 16.3. The van der Waals surface area contributed by atoms with Gasteiger partial charge in [-0.15, -0.1) is 0 Å². The molecule has 0 unspecified atom stereocenters. The molecule has 8 nitrogen and oxygen atoms in total. The Morgan fingerprint density at radius 3 is 2.90 bits per heavy atom. The third kappa shape index (κ3) is 3.23. The van der Waals surface area contributed by atoms with Crippen molar-refractivity contribution >= 4 is 16.8 Å². The van der Waals surface area contributed by atoms with Crippen LogP contribution in [0.2, 0.25) is 0 Å². The summed E-state index contributed by atoms with van der Waals surface area (Å²) in [5, 5.41) is 0.505. The number of carbonyl (C=O) groups is 1. The molecule has 2 aliphatic rings. The number of fused-ring (bicyclic) bond motifs is 2. The predicted octanol–water partition coefficient (Wildman–Crippen LogP) is 2.01. The number of benzene rings is 1. The first kappa shape index (κ1) is 18.1. The van der Waals surface area contributed by atoms with E-state index >= 15 is 0 Å². The van der Waals surface area contributed by atoms with Gasteiger partial charge in [-0.3, -0.25) is 9.59 Å². The van der Waals surface area contributed by atoms with Crippen molar-refractivity contribution in [3.63, 3.8) is 0 Å². The van der Waals surface area contributed by atoms with Crippen LogP contribution in [0.25, 0.3) is 10.9 Å². The van der Waals surface area contributed by atoms with E-state index in [0.29, 0.717) is 41.9 Å². The van der Waals surface area contributed by atoms with E-state index in [2.05, 4.69) is 4.98 Å². The fourth-order valence-corrected chi connectivity index (χ4v) is 4.04. The molecule has 0 N–H and O–H groups in total. The Morgan fingerprint density at radius 2 is 2.07 bits per heavy atom. The number of amides is 1. The highest BCUT2D eigenvalue weighted by Gasteiger charge is 2.29. The largest absolute Gasteiger partial charge is 0.445 e. The first-order valence-corrected chi connectivity index (χ1v) is 9.91. The number of ether oxygens (including phenoxy) is 1. The summed E-state index contributed by atoms with van der Waals surface area (Å²) in [6, 6.07) is 5.05. The van der Waals surface area contributed by atoms with E-state index in [1.54, 1.807) is 30.1 Å². The Balaban J connectivity index is 1.38. The van der Waals surface area contributed by atoms with Crippen LogP contribution in [0.15, 0.2) is 33.7 Å². The summed E-state index contributed by atoms with van der Waals surface area (Å²) >= 11 is 0. The molecule has 1 aromatic carbocycles. The number of rotatable bonds is 2. The van der Waals surface area contributed by atoms with Gasteiger partial charge in [0.15, 0.2) is 5.89 Å². The quantitative estimate of drug-likeness (QED) is 0.660. The van der Waals surface area contributed by atoms with Crippen LogP contribution in [-0.4, -0.2) is 45.1 Å². The van der Waals surface area contributed by atoms with Crippen LogP contribution in [0.1, 0.15) is 46.5 Å². The Morgan fingerprint density at radius 1 is 1.24 bits per heavy atom. The zero-order chi connectivity index (χ0) is 20.0. The van der Waals surface area contributed by atoms with E-state index in [-0.39, 0.29) is 11.5 Å². The smallest absolute Gasteiger partial charge is 0.260 e. The van der Waals surface area contributed by atoms with Gasteiger partial charge in [-0.1, -0.05) is 0 Å². The molecular weight excluding hydrogens is 372 g/mol. The molecular formula is C21H22N4O4. The van der Waals surface area contributed by atoms with E-state index in [1.165, 1.54) is 10.9 Å². The van der Waals surface area contributed by atoms with E-state index in [9.17, 15) is 9.59 Å². The number of carbonyl (C=O) groups excluding carboxylic acids is 1. The number of oxazole rings is 1. The molecule has 0 spiro atoms. The van der Waals surface area contributed by atoms with Gasteiger partial charge in [0.1, 0.15) is 11.5 Å². The number of nitrogens with zero attached hydrogens (tertiary/aromatic N) is 4. The van der Waals surface area contributed by atoms with E-state index < -0.39 is 0 Å². The third-order valence-electron chi connectivity index (χ3n) is 5.77. The number of aryl methyl sites for hydroxylation is 1. The van der Waals surface area contributed by atoms with Crippen LogP contribution < -0.4 is 5.56 Å². The molecule has 2 aromatic heterocycles. The van der Waals surface area contributed by atoms with E-state index in [1.807, 2.05) is 0 Å². The molecule has 1 fully saturated rings. The van der Waals surface area contributed by atoms with Crippen molar-refractivity contribution in [3.05, 3.63) is 57.8 Å². The van der Waals surface area contributed by atoms with Crippen LogP contribution in [0.4, 0.5) is 0 Å². The normalized spacial score (nSPS) is 17.5.